The average Bonchev–Trinajstić information content (AvgIpc) is 2.99. The molecule has 3 aromatic rings. The smallest absolute Gasteiger partial charge is 0.337 e. The maximum absolute atomic E-state index is 13.9. The van der Waals surface area contributed by atoms with E-state index < -0.39 is 5.97 Å². The minimum absolute atomic E-state index is 0.0158. The van der Waals surface area contributed by atoms with Crippen LogP contribution in [0, 0.1) is 17.3 Å². The van der Waals surface area contributed by atoms with E-state index in [4.69, 9.17) is 9.47 Å². The fourth-order valence-electron chi connectivity index (χ4n) is 8.28. The first-order chi connectivity index (χ1) is 21.0. The van der Waals surface area contributed by atoms with Crippen LogP contribution in [0.15, 0.2) is 72.8 Å². The molecule has 0 heterocycles. The van der Waals surface area contributed by atoms with Crippen LogP contribution in [0.3, 0.4) is 0 Å². The zero-order chi connectivity index (χ0) is 31.1. The van der Waals surface area contributed by atoms with Crippen molar-refractivity contribution >= 4 is 29.2 Å². The van der Waals surface area contributed by atoms with Gasteiger partial charge in [0.2, 0.25) is 5.91 Å². The van der Waals surface area contributed by atoms with E-state index in [1.807, 2.05) is 24.3 Å². The van der Waals surface area contributed by atoms with Gasteiger partial charge in [-0.1, -0.05) is 51.1 Å². The Morgan fingerprint density at radius 2 is 1.52 bits per heavy atom. The van der Waals surface area contributed by atoms with Crippen molar-refractivity contribution < 1.29 is 23.9 Å². The minimum Gasteiger partial charge on any atom is -0.484 e. The lowest BCUT2D eigenvalue weighted by Gasteiger charge is -2.61. The van der Waals surface area contributed by atoms with Crippen molar-refractivity contribution in [1.29, 1.82) is 0 Å². The standard InChI is InChI=1S/C37H42N2O5/c1-35(2,3)27-8-12-29(13-9-27)39-34(42)37-20-24-16-25(21-37)19-36(18-24,23-37)28-10-14-31(15-11-28)44-22-32(40)38-30-7-5-6-26(17-30)33(41)43-4/h5-15,17,24-25H,16,18-23H2,1-4H3,(H,38,40)(H,39,42). The molecule has 3 aromatic carbocycles. The number of carbonyl (C=O) groups excluding carboxylic acids is 3. The molecule has 230 valence electrons. The summed E-state index contributed by atoms with van der Waals surface area (Å²) < 4.78 is 10.5. The number of rotatable bonds is 8. The molecule has 44 heavy (non-hydrogen) atoms. The summed E-state index contributed by atoms with van der Waals surface area (Å²) in [6.07, 6.45) is 6.26. The molecule has 2 N–H and O–H groups in total. The van der Waals surface area contributed by atoms with Gasteiger partial charge in [-0.2, -0.15) is 0 Å². The number of hydrogen-bond donors (Lipinski definition) is 2. The van der Waals surface area contributed by atoms with Gasteiger partial charge in [0.15, 0.2) is 6.61 Å². The van der Waals surface area contributed by atoms with Crippen molar-refractivity contribution in [2.24, 2.45) is 17.3 Å². The van der Waals surface area contributed by atoms with Gasteiger partial charge in [-0.25, -0.2) is 4.79 Å². The predicted octanol–water partition coefficient (Wildman–Crippen LogP) is 7.26. The molecule has 0 spiro atoms. The molecule has 0 radical (unpaired) electrons. The molecule has 4 aliphatic carbocycles. The summed E-state index contributed by atoms with van der Waals surface area (Å²) in [6.45, 7) is 6.43. The number of ether oxygens (including phenoxy) is 2. The molecule has 4 fully saturated rings. The zero-order valence-corrected chi connectivity index (χ0v) is 26.1. The summed E-state index contributed by atoms with van der Waals surface area (Å²) in [4.78, 5) is 38.2. The van der Waals surface area contributed by atoms with Crippen molar-refractivity contribution in [3.8, 4) is 5.75 Å². The summed E-state index contributed by atoms with van der Waals surface area (Å²) in [5.74, 6) is 1.11. The van der Waals surface area contributed by atoms with Crippen molar-refractivity contribution in [3.63, 3.8) is 0 Å². The van der Waals surface area contributed by atoms with Crippen LogP contribution < -0.4 is 15.4 Å². The Morgan fingerprint density at radius 3 is 2.16 bits per heavy atom. The average molecular weight is 595 g/mol. The fourth-order valence-corrected chi connectivity index (χ4v) is 8.28. The molecule has 0 aromatic heterocycles. The third-order valence-electron chi connectivity index (χ3n) is 9.96. The van der Waals surface area contributed by atoms with Gasteiger partial charge in [-0.05, 0) is 115 Å². The van der Waals surface area contributed by atoms with E-state index in [-0.39, 0.29) is 34.7 Å². The molecule has 2 amide bonds. The Balaban J connectivity index is 1.11. The molecule has 4 saturated carbocycles. The number of amides is 2. The highest BCUT2D eigenvalue weighted by atomic mass is 16.5. The predicted molar refractivity (Wildman–Crippen MR) is 171 cm³/mol. The Morgan fingerprint density at radius 1 is 0.841 bits per heavy atom. The highest BCUT2D eigenvalue weighted by Crippen LogP contribution is 2.66. The Labute approximate surface area is 259 Å². The molecule has 7 heteroatoms. The van der Waals surface area contributed by atoms with Crippen LogP contribution in [0.1, 0.15) is 80.8 Å². The topological polar surface area (TPSA) is 93.7 Å². The van der Waals surface area contributed by atoms with Gasteiger partial charge in [0, 0.05) is 11.4 Å². The van der Waals surface area contributed by atoms with Crippen LogP contribution in [0.4, 0.5) is 11.4 Å². The molecular formula is C37H42N2O5. The second-order valence-corrected chi connectivity index (χ2v) is 14.2. The van der Waals surface area contributed by atoms with Crippen LogP contribution in [0.2, 0.25) is 0 Å². The quantitative estimate of drug-likeness (QED) is 0.268. The number of carbonyl (C=O) groups is 3. The van der Waals surface area contributed by atoms with Gasteiger partial charge in [0.05, 0.1) is 18.1 Å². The van der Waals surface area contributed by atoms with Crippen molar-refractivity contribution in [3.05, 3.63) is 89.5 Å². The van der Waals surface area contributed by atoms with E-state index in [9.17, 15) is 14.4 Å². The number of hydrogen-bond acceptors (Lipinski definition) is 5. The molecule has 7 rings (SSSR count). The van der Waals surface area contributed by atoms with E-state index in [0.29, 0.717) is 28.8 Å². The van der Waals surface area contributed by atoms with Crippen LogP contribution in [0.5, 0.6) is 5.75 Å². The van der Waals surface area contributed by atoms with Crippen molar-refractivity contribution in [2.45, 2.75) is 70.1 Å². The van der Waals surface area contributed by atoms with E-state index in [1.54, 1.807) is 24.3 Å². The molecule has 7 nitrogen and oxygen atoms in total. The second-order valence-electron chi connectivity index (χ2n) is 14.2. The van der Waals surface area contributed by atoms with E-state index >= 15 is 0 Å². The molecule has 4 bridgehead atoms. The third-order valence-corrected chi connectivity index (χ3v) is 9.96. The fraction of sp³-hybridized carbons (Fsp3) is 0.432. The van der Waals surface area contributed by atoms with Gasteiger partial charge in [-0.15, -0.1) is 0 Å². The molecule has 2 atom stereocenters. The number of esters is 1. The second kappa shape index (κ2) is 11.4. The zero-order valence-electron chi connectivity index (χ0n) is 26.1. The largest absolute Gasteiger partial charge is 0.484 e. The van der Waals surface area contributed by atoms with E-state index in [0.717, 1.165) is 37.8 Å². The van der Waals surface area contributed by atoms with Crippen LogP contribution in [0.25, 0.3) is 0 Å². The Hall–Kier alpha value is -4.13. The molecule has 4 aliphatic rings. The molecule has 2 unspecified atom stereocenters. The van der Waals surface area contributed by atoms with Crippen LogP contribution >= 0.6 is 0 Å². The van der Waals surface area contributed by atoms with Gasteiger partial charge in [-0.3, -0.25) is 9.59 Å². The first-order valence-electron chi connectivity index (χ1n) is 15.6. The normalized spacial score (nSPS) is 25.3. The monoisotopic (exact) mass is 594 g/mol. The number of methoxy groups -OCH3 is 1. The summed E-state index contributed by atoms with van der Waals surface area (Å²) >= 11 is 0. The maximum atomic E-state index is 13.9. The lowest BCUT2D eigenvalue weighted by atomic mass is 9.42. The van der Waals surface area contributed by atoms with Gasteiger partial charge in [0.1, 0.15) is 5.75 Å². The number of benzene rings is 3. The highest BCUT2D eigenvalue weighted by molar-refractivity contribution is 5.96. The number of nitrogens with one attached hydrogen (secondary N) is 2. The molecular weight excluding hydrogens is 552 g/mol. The lowest BCUT2D eigenvalue weighted by Crippen LogP contribution is -2.57. The van der Waals surface area contributed by atoms with Crippen LogP contribution in [-0.4, -0.2) is 31.5 Å². The Bertz CT molecular complexity index is 1540. The van der Waals surface area contributed by atoms with Gasteiger partial charge < -0.3 is 20.1 Å². The molecule has 0 aliphatic heterocycles. The van der Waals surface area contributed by atoms with E-state index in [2.05, 4.69) is 55.7 Å². The maximum Gasteiger partial charge on any atom is 0.337 e. The summed E-state index contributed by atoms with van der Waals surface area (Å²) in [6, 6.07) is 23.0. The van der Waals surface area contributed by atoms with Gasteiger partial charge in [0.25, 0.3) is 5.91 Å². The Kier molecular flexibility index (Phi) is 7.76. The van der Waals surface area contributed by atoms with Crippen molar-refractivity contribution in [1.82, 2.24) is 0 Å². The third kappa shape index (κ3) is 5.97. The van der Waals surface area contributed by atoms with Gasteiger partial charge >= 0.3 is 5.97 Å². The summed E-state index contributed by atoms with van der Waals surface area (Å²) in [5, 5.41) is 6.06. The SMILES string of the molecule is COC(=O)c1cccc(NC(=O)COc2ccc(C34CC5CC(CC(C(=O)Nc6ccc(C(C)(C)C)cc6)(C5)C3)C4)cc2)c1. The summed E-state index contributed by atoms with van der Waals surface area (Å²) in [5.41, 5.74) is 3.95. The van der Waals surface area contributed by atoms with Crippen molar-refractivity contribution in [2.75, 3.05) is 24.4 Å². The molecule has 0 saturated heterocycles. The van der Waals surface area contributed by atoms with Crippen LogP contribution in [-0.2, 0) is 25.2 Å². The highest BCUT2D eigenvalue weighted by Gasteiger charge is 2.60. The number of anilines is 2. The minimum atomic E-state index is -0.464. The lowest BCUT2D eigenvalue weighted by molar-refractivity contribution is -0.143. The summed E-state index contributed by atoms with van der Waals surface area (Å²) in [7, 11) is 1.32. The van der Waals surface area contributed by atoms with E-state index in [1.165, 1.54) is 24.7 Å². The first kappa shape index (κ1) is 29.9. The first-order valence-corrected chi connectivity index (χ1v) is 15.6.